The fraction of sp³-hybridized carbons (Fsp3) is 0.500. The van der Waals surface area contributed by atoms with Crippen molar-refractivity contribution in [3.63, 3.8) is 0 Å². The van der Waals surface area contributed by atoms with Gasteiger partial charge >= 0.3 is 0 Å². The van der Waals surface area contributed by atoms with Crippen molar-refractivity contribution in [2.75, 3.05) is 13.2 Å². The lowest BCUT2D eigenvalue weighted by Crippen LogP contribution is -2.44. The third-order valence-electron chi connectivity index (χ3n) is 4.11. The SMILES string of the molecule is Cc1ccc(C)c([C@H]2CN(Cc3csnn3)[C@@H](C)CO2)c1. The maximum absolute atomic E-state index is 6.09. The summed E-state index contributed by atoms with van der Waals surface area (Å²) in [4.78, 5) is 2.44. The van der Waals surface area contributed by atoms with Crippen LogP contribution in [0.5, 0.6) is 0 Å². The molecule has 21 heavy (non-hydrogen) atoms. The molecule has 0 bridgehead atoms. The predicted molar refractivity (Wildman–Crippen MR) is 84.4 cm³/mol. The fourth-order valence-electron chi connectivity index (χ4n) is 2.78. The number of rotatable bonds is 3. The Morgan fingerprint density at radius 2 is 2.24 bits per heavy atom. The summed E-state index contributed by atoms with van der Waals surface area (Å²) in [5.41, 5.74) is 4.94. The summed E-state index contributed by atoms with van der Waals surface area (Å²) in [6.45, 7) is 9.01. The number of nitrogens with zero attached hydrogens (tertiary/aromatic N) is 3. The van der Waals surface area contributed by atoms with Gasteiger partial charge in [0.05, 0.1) is 18.4 Å². The molecule has 1 aliphatic rings. The Morgan fingerprint density at radius 1 is 1.38 bits per heavy atom. The fourth-order valence-corrected chi connectivity index (χ4v) is 3.23. The lowest BCUT2D eigenvalue weighted by molar-refractivity contribution is -0.0639. The average molecular weight is 303 g/mol. The molecule has 4 nitrogen and oxygen atoms in total. The van der Waals surface area contributed by atoms with Gasteiger partial charge in [-0.05, 0) is 43.4 Å². The molecular formula is C16H21N3OS. The van der Waals surface area contributed by atoms with Gasteiger partial charge in [-0.1, -0.05) is 28.3 Å². The van der Waals surface area contributed by atoms with E-state index in [0.29, 0.717) is 6.04 Å². The van der Waals surface area contributed by atoms with Crippen molar-refractivity contribution in [1.29, 1.82) is 0 Å². The highest BCUT2D eigenvalue weighted by atomic mass is 32.1. The molecular weight excluding hydrogens is 282 g/mol. The Kier molecular flexibility index (Phi) is 4.33. The minimum Gasteiger partial charge on any atom is -0.371 e. The van der Waals surface area contributed by atoms with Crippen LogP contribution in [0.15, 0.2) is 23.6 Å². The Labute approximate surface area is 129 Å². The second-order valence-corrected chi connectivity index (χ2v) is 6.47. The minimum absolute atomic E-state index is 0.146. The molecule has 1 fully saturated rings. The van der Waals surface area contributed by atoms with Gasteiger partial charge in [-0.3, -0.25) is 4.90 Å². The van der Waals surface area contributed by atoms with Gasteiger partial charge in [-0.2, -0.15) is 0 Å². The first-order valence-corrected chi connectivity index (χ1v) is 8.16. The van der Waals surface area contributed by atoms with Crippen LogP contribution in [0.2, 0.25) is 0 Å². The molecule has 0 N–H and O–H groups in total. The van der Waals surface area contributed by atoms with E-state index in [4.69, 9.17) is 4.74 Å². The van der Waals surface area contributed by atoms with Crippen molar-refractivity contribution in [2.45, 2.75) is 39.5 Å². The van der Waals surface area contributed by atoms with Gasteiger partial charge in [0, 0.05) is 24.5 Å². The number of morpholine rings is 1. The average Bonchev–Trinajstić information content (AvgIpc) is 2.97. The summed E-state index contributed by atoms with van der Waals surface area (Å²) < 4.78 is 10.0. The van der Waals surface area contributed by atoms with Gasteiger partial charge < -0.3 is 4.74 Å². The molecule has 3 rings (SSSR count). The molecule has 0 amide bonds. The third kappa shape index (κ3) is 3.31. The van der Waals surface area contributed by atoms with Gasteiger partial charge in [0.1, 0.15) is 0 Å². The topological polar surface area (TPSA) is 38.2 Å². The molecule has 112 valence electrons. The molecule has 1 aliphatic heterocycles. The van der Waals surface area contributed by atoms with Crippen molar-refractivity contribution in [2.24, 2.45) is 0 Å². The lowest BCUT2D eigenvalue weighted by atomic mass is 9.99. The molecule has 0 unspecified atom stereocenters. The first-order chi connectivity index (χ1) is 10.1. The van der Waals surface area contributed by atoms with Gasteiger partial charge in [-0.25, -0.2) is 0 Å². The van der Waals surface area contributed by atoms with Crippen LogP contribution < -0.4 is 0 Å². The van der Waals surface area contributed by atoms with Gasteiger partial charge in [0.2, 0.25) is 0 Å². The highest BCUT2D eigenvalue weighted by Crippen LogP contribution is 2.28. The highest BCUT2D eigenvalue weighted by Gasteiger charge is 2.28. The largest absolute Gasteiger partial charge is 0.371 e. The summed E-state index contributed by atoms with van der Waals surface area (Å²) in [5, 5.41) is 6.18. The van der Waals surface area contributed by atoms with Crippen LogP contribution in [0.25, 0.3) is 0 Å². The number of hydrogen-bond acceptors (Lipinski definition) is 5. The van der Waals surface area contributed by atoms with E-state index in [0.717, 1.165) is 25.4 Å². The maximum atomic E-state index is 6.09. The van der Waals surface area contributed by atoms with Crippen LogP contribution in [0.3, 0.4) is 0 Å². The van der Waals surface area contributed by atoms with Crippen molar-refractivity contribution >= 4 is 11.5 Å². The molecule has 2 aromatic rings. The van der Waals surface area contributed by atoms with Gasteiger partial charge in [0.25, 0.3) is 0 Å². The van der Waals surface area contributed by atoms with Crippen LogP contribution in [0.1, 0.15) is 35.4 Å². The van der Waals surface area contributed by atoms with E-state index in [1.807, 2.05) is 5.38 Å². The van der Waals surface area contributed by atoms with Crippen molar-refractivity contribution in [1.82, 2.24) is 14.5 Å². The number of hydrogen-bond donors (Lipinski definition) is 0. The number of benzene rings is 1. The smallest absolute Gasteiger partial charge is 0.0955 e. The molecule has 0 aliphatic carbocycles. The Bertz CT molecular complexity index is 600. The van der Waals surface area contributed by atoms with Crippen LogP contribution >= 0.6 is 11.5 Å². The molecule has 2 atom stereocenters. The molecule has 1 saturated heterocycles. The zero-order chi connectivity index (χ0) is 14.8. The summed E-state index contributed by atoms with van der Waals surface area (Å²) in [6.07, 6.45) is 0.146. The third-order valence-corrected chi connectivity index (χ3v) is 4.67. The summed E-state index contributed by atoms with van der Waals surface area (Å²) in [6, 6.07) is 7.00. The van der Waals surface area contributed by atoms with E-state index in [1.165, 1.54) is 28.2 Å². The van der Waals surface area contributed by atoms with Crippen LogP contribution in [-0.2, 0) is 11.3 Å². The maximum Gasteiger partial charge on any atom is 0.0955 e. The second kappa shape index (κ2) is 6.22. The summed E-state index contributed by atoms with van der Waals surface area (Å²) >= 11 is 1.41. The molecule has 0 saturated carbocycles. The Hall–Kier alpha value is -1.30. The summed E-state index contributed by atoms with van der Waals surface area (Å²) in [7, 11) is 0. The predicted octanol–water partition coefficient (Wildman–Crippen LogP) is 3.12. The number of ether oxygens (including phenoxy) is 1. The molecule has 1 aromatic heterocycles. The standard InChI is InChI=1S/C16H21N3OS/c1-11-4-5-12(2)15(6-11)16-8-19(13(3)9-20-16)7-14-10-21-18-17-14/h4-6,10,13,16H,7-9H2,1-3H3/t13-,16+/m0/s1. The van der Waals surface area contributed by atoms with Gasteiger partial charge in [-0.15, -0.1) is 5.10 Å². The van der Waals surface area contributed by atoms with E-state index >= 15 is 0 Å². The zero-order valence-electron chi connectivity index (χ0n) is 12.7. The lowest BCUT2D eigenvalue weighted by Gasteiger charge is -2.38. The van der Waals surface area contributed by atoms with Gasteiger partial charge in [0.15, 0.2) is 0 Å². The molecule has 0 spiro atoms. The van der Waals surface area contributed by atoms with Crippen LogP contribution in [0.4, 0.5) is 0 Å². The molecule has 1 aromatic carbocycles. The zero-order valence-corrected chi connectivity index (χ0v) is 13.6. The van der Waals surface area contributed by atoms with Crippen molar-refractivity contribution in [3.8, 4) is 0 Å². The Morgan fingerprint density at radius 3 is 3.00 bits per heavy atom. The first-order valence-electron chi connectivity index (χ1n) is 7.32. The van der Waals surface area contributed by atoms with E-state index in [-0.39, 0.29) is 6.10 Å². The van der Waals surface area contributed by atoms with Crippen molar-refractivity contribution in [3.05, 3.63) is 46.0 Å². The van der Waals surface area contributed by atoms with E-state index in [1.54, 1.807) is 0 Å². The molecule has 0 radical (unpaired) electrons. The highest BCUT2D eigenvalue weighted by molar-refractivity contribution is 7.03. The monoisotopic (exact) mass is 303 g/mol. The second-order valence-electron chi connectivity index (χ2n) is 5.86. The van der Waals surface area contributed by atoms with E-state index in [2.05, 4.69) is 53.5 Å². The van der Waals surface area contributed by atoms with Crippen LogP contribution in [0, 0.1) is 13.8 Å². The molecule has 2 heterocycles. The number of aryl methyl sites for hydroxylation is 2. The molecule has 5 heteroatoms. The quantitative estimate of drug-likeness (QED) is 0.873. The van der Waals surface area contributed by atoms with Crippen LogP contribution in [-0.4, -0.2) is 33.7 Å². The first kappa shape index (κ1) is 14.6. The minimum atomic E-state index is 0.146. The van der Waals surface area contributed by atoms with E-state index in [9.17, 15) is 0 Å². The Balaban J connectivity index is 1.77. The van der Waals surface area contributed by atoms with Crippen molar-refractivity contribution < 1.29 is 4.74 Å². The normalized spacial score (nSPS) is 23.4. The van der Waals surface area contributed by atoms with E-state index < -0.39 is 0 Å². The summed E-state index contributed by atoms with van der Waals surface area (Å²) in [5.74, 6) is 0. The number of aromatic nitrogens is 2.